The first-order valence-electron chi connectivity index (χ1n) is 5.67. The van der Waals surface area contributed by atoms with Crippen molar-refractivity contribution in [2.75, 3.05) is 5.32 Å². The minimum absolute atomic E-state index is 0.133. The largest absolute Gasteiger partial charge is 0.475 e. The van der Waals surface area contributed by atoms with Crippen LogP contribution in [0.3, 0.4) is 0 Å². The molecule has 1 heterocycles. The first kappa shape index (κ1) is 12.2. The number of nitrogens with one attached hydrogen (secondary N) is 1. The van der Waals surface area contributed by atoms with Crippen molar-refractivity contribution in [3.63, 3.8) is 0 Å². The van der Waals surface area contributed by atoms with Crippen LogP contribution in [0.15, 0.2) is 28.7 Å². The SMILES string of the molecule is CCc1ccccc1Nc1nc(C)c(C(=O)O)o1. The van der Waals surface area contributed by atoms with Crippen LogP contribution in [-0.2, 0) is 6.42 Å². The van der Waals surface area contributed by atoms with E-state index >= 15 is 0 Å². The molecule has 2 rings (SSSR count). The van der Waals surface area contributed by atoms with E-state index in [1.54, 1.807) is 6.92 Å². The maximum atomic E-state index is 10.8. The molecule has 0 spiro atoms. The van der Waals surface area contributed by atoms with Crippen molar-refractivity contribution in [2.24, 2.45) is 0 Å². The highest BCUT2D eigenvalue weighted by molar-refractivity contribution is 5.85. The number of hydrogen-bond acceptors (Lipinski definition) is 4. The van der Waals surface area contributed by atoms with Crippen molar-refractivity contribution < 1.29 is 14.3 Å². The summed E-state index contributed by atoms with van der Waals surface area (Å²) >= 11 is 0. The van der Waals surface area contributed by atoms with Gasteiger partial charge in [-0.25, -0.2) is 4.79 Å². The van der Waals surface area contributed by atoms with Crippen LogP contribution >= 0.6 is 0 Å². The Bertz CT molecular complexity index is 575. The van der Waals surface area contributed by atoms with Crippen molar-refractivity contribution >= 4 is 17.7 Å². The van der Waals surface area contributed by atoms with E-state index in [1.165, 1.54) is 0 Å². The minimum atomic E-state index is -1.11. The Balaban J connectivity index is 2.29. The molecule has 1 aromatic heterocycles. The van der Waals surface area contributed by atoms with Crippen LogP contribution in [0.5, 0.6) is 0 Å². The topological polar surface area (TPSA) is 75.4 Å². The van der Waals surface area contributed by atoms with E-state index in [-0.39, 0.29) is 11.8 Å². The van der Waals surface area contributed by atoms with E-state index in [9.17, 15) is 4.79 Å². The molecule has 2 aromatic rings. The van der Waals surface area contributed by atoms with Crippen LogP contribution in [0.4, 0.5) is 11.7 Å². The molecule has 0 fully saturated rings. The molecular weight excluding hydrogens is 232 g/mol. The Morgan fingerprint density at radius 2 is 2.17 bits per heavy atom. The standard InChI is InChI=1S/C13H14N2O3/c1-3-9-6-4-5-7-10(9)15-13-14-8(2)11(18-13)12(16)17/h4-7H,3H2,1-2H3,(H,14,15)(H,16,17). The number of hydrogen-bond donors (Lipinski definition) is 2. The molecule has 2 N–H and O–H groups in total. The number of carboxylic acid groups (broad SMARTS) is 1. The molecule has 94 valence electrons. The average molecular weight is 246 g/mol. The second-order valence-electron chi connectivity index (χ2n) is 3.87. The summed E-state index contributed by atoms with van der Waals surface area (Å²) in [5, 5.41) is 11.9. The number of aromatic carboxylic acids is 1. The molecule has 0 saturated carbocycles. The van der Waals surface area contributed by atoms with Gasteiger partial charge in [0, 0.05) is 5.69 Å². The molecule has 0 aliphatic carbocycles. The number of oxazole rings is 1. The fraction of sp³-hybridized carbons (Fsp3) is 0.231. The third kappa shape index (κ3) is 2.34. The van der Waals surface area contributed by atoms with E-state index < -0.39 is 5.97 Å². The summed E-state index contributed by atoms with van der Waals surface area (Å²) < 4.78 is 5.16. The van der Waals surface area contributed by atoms with E-state index in [2.05, 4.69) is 10.3 Å². The van der Waals surface area contributed by atoms with Crippen LogP contribution in [0, 0.1) is 6.92 Å². The van der Waals surface area contributed by atoms with Crippen molar-refractivity contribution in [3.8, 4) is 0 Å². The Morgan fingerprint density at radius 3 is 2.78 bits per heavy atom. The van der Waals surface area contributed by atoms with E-state index in [0.717, 1.165) is 17.7 Å². The van der Waals surface area contributed by atoms with Crippen LogP contribution in [0.2, 0.25) is 0 Å². The van der Waals surface area contributed by atoms with Gasteiger partial charge in [-0.05, 0) is 25.0 Å². The van der Waals surface area contributed by atoms with Gasteiger partial charge in [0.05, 0.1) is 5.69 Å². The molecule has 5 heteroatoms. The lowest BCUT2D eigenvalue weighted by Gasteiger charge is -2.06. The lowest BCUT2D eigenvalue weighted by molar-refractivity contribution is 0.0662. The van der Waals surface area contributed by atoms with Gasteiger partial charge in [0.1, 0.15) is 0 Å². The molecule has 0 unspecified atom stereocenters. The number of para-hydroxylation sites is 1. The summed E-state index contributed by atoms with van der Waals surface area (Å²) in [4.78, 5) is 14.9. The molecule has 0 aliphatic heterocycles. The summed E-state index contributed by atoms with van der Waals surface area (Å²) in [5.41, 5.74) is 2.35. The van der Waals surface area contributed by atoms with Gasteiger partial charge in [-0.15, -0.1) is 0 Å². The van der Waals surface area contributed by atoms with Crippen LogP contribution in [-0.4, -0.2) is 16.1 Å². The molecule has 0 amide bonds. The molecule has 5 nitrogen and oxygen atoms in total. The lowest BCUT2D eigenvalue weighted by Crippen LogP contribution is -1.95. The molecule has 1 aromatic carbocycles. The quantitative estimate of drug-likeness (QED) is 0.867. The number of benzene rings is 1. The average Bonchev–Trinajstić information content (AvgIpc) is 2.71. The summed E-state index contributed by atoms with van der Waals surface area (Å²) in [5.74, 6) is -1.25. The van der Waals surface area contributed by atoms with Gasteiger partial charge in [-0.3, -0.25) is 0 Å². The smallest absolute Gasteiger partial charge is 0.373 e. The highest BCUT2D eigenvalue weighted by Gasteiger charge is 2.16. The second-order valence-corrected chi connectivity index (χ2v) is 3.87. The molecular formula is C13H14N2O3. The highest BCUT2D eigenvalue weighted by atomic mass is 16.4. The maximum absolute atomic E-state index is 10.8. The Kier molecular flexibility index (Phi) is 3.32. The third-order valence-electron chi connectivity index (χ3n) is 2.63. The van der Waals surface area contributed by atoms with Gasteiger partial charge in [-0.2, -0.15) is 4.98 Å². The van der Waals surface area contributed by atoms with Crippen LogP contribution < -0.4 is 5.32 Å². The van der Waals surface area contributed by atoms with Gasteiger partial charge >= 0.3 is 5.97 Å². The van der Waals surface area contributed by atoms with Crippen LogP contribution in [0.25, 0.3) is 0 Å². The number of carboxylic acids is 1. The fourth-order valence-corrected chi connectivity index (χ4v) is 1.71. The zero-order valence-corrected chi connectivity index (χ0v) is 10.2. The number of aryl methyl sites for hydroxylation is 2. The maximum Gasteiger partial charge on any atom is 0.373 e. The first-order chi connectivity index (χ1) is 8.61. The fourth-order valence-electron chi connectivity index (χ4n) is 1.71. The predicted molar refractivity (Wildman–Crippen MR) is 67.3 cm³/mol. The van der Waals surface area contributed by atoms with E-state index in [0.29, 0.717) is 5.69 Å². The number of aromatic nitrogens is 1. The minimum Gasteiger partial charge on any atom is -0.475 e. The van der Waals surface area contributed by atoms with Crippen LogP contribution in [0.1, 0.15) is 28.7 Å². The molecule has 0 saturated heterocycles. The summed E-state index contributed by atoms with van der Waals surface area (Å²) in [6.07, 6.45) is 0.870. The van der Waals surface area contributed by atoms with E-state index in [4.69, 9.17) is 9.52 Å². The Morgan fingerprint density at radius 1 is 1.44 bits per heavy atom. The molecule has 18 heavy (non-hydrogen) atoms. The Hall–Kier alpha value is -2.30. The predicted octanol–water partition coefficient (Wildman–Crippen LogP) is 2.99. The normalized spacial score (nSPS) is 10.3. The zero-order chi connectivity index (χ0) is 13.1. The lowest BCUT2D eigenvalue weighted by atomic mass is 10.1. The summed E-state index contributed by atoms with van der Waals surface area (Å²) in [6.45, 7) is 3.65. The van der Waals surface area contributed by atoms with Gasteiger partial charge in [0.2, 0.25) is 5.76 Å². The van der Waals surface area contributed by atoms with Crippen molar-refractivity contribution in [2.45, 2.75) is 20.3 Å². The van der Waals surface area contributed by atoms with Crippen molar-refractivity contribution in [3.05, 3.63) is 41.3 Å². The summed E-state index contributed by atoms with van der Waals surface area (Å²) in [6, 6.07) is 7.95. The molecule has 0 radical (unpaired) electrons. The number of anilines is 2. The number of rotatable bonds is 4. The number of carbonyl (C=O) groups is 1. The summed E-state index contributed by atoms with van der Waals surface area (Å²) in [7, 11) is 0. The Labute approximate surface area is 104 Å². The van der Waals surface area contributed by atoms with Gasteiger partial charge < -0.3 is 14.8 Å². The molecule has 0 aliphatic rings. The van der Waals surface area contributed by atoms with Crippen molar-refractivity contribution in [1.29, 1.82) is 0 Å². The second kappa shape index (κ2) is 4.91. The zero-order valence-electron chi connectivity index (χ0n) is 10.2. The van der Waals surface area contributed by atoms with Gasteiger partial charge in [0.25, 0.3) is 6.01 Å². The van der Waals surface area contributed by atoms with Gasteiger partial charge in [0.15, 0.2) is 0 Å². The monoisotopic (exact) mass is 246 g/mol. The third-order valence-corrected chi connectivity index (χ3v) is 2.63. The highest BCUT2D eigenvalue weighted by Crippen LogP contribution is 2.22. The van der Waals surface area contributed by atoms with Gasteiger partial charge in [-0.1, -0.05) is 25.1 Å². The molecule has 0 atom stereocenters. The first-order valence-corrected chi connectivity index (χ1v) is 5.67. The number of nitrogens with zero attached hydrogens (tertiary/aromatic N) is 1. The molecule has 0 bridgehead atoms. The van der Waals surface area contributed by atoms with E-state index in [1.807, 2.05) is 31.2 Å². The van der Waals surface area contributed by atoms with Crippen molar-refractivity contribution in [1.82, 2.24) is 4.98 Å².